The largest absolute Gasteiger partial charge is 0.497 e. The fraction of sp³-hybridized carbons (Fsp3) is 0.350. The Balaban J connectivity index is 1.82. The predicted octanol–water partition coefficient (Wildman–Crippen LogP) is 3.96. The van der Waals surface area contributed by atoms with Crippen LogP contribution in [0.15, 0.2) is 18.2 Å². The van der Waals surface area contributed by atoms with Gasteiger partial charge in [-0.15, -0.1) is 0 Å². The molecule has 1 aliphatic carbocycles. The molecular weight excluding hydrogens is 300 g/mol. The lowest BCUT2D eigenvalue weighted by atomic mass is 9.93. The van der Waals surface area contributed by atoms with Crippen molar-refractivity contribution in [2.45, 2.75) is 39.0 Å². The van der Waals surface area contributed by atoms with Crippen LogP contribution in [0.5, 0.6) is 5.75 Å². The Bertz CT molecular complexity index is 846. The first-order chi connectivity index (χ1) is 11.7. The van der Waals surface area contributed by atoms with E-state index in [-0.39, 0.29) is 5.91 Å². The van der Waals surface area contributed by atoms with Gasteiger partial charge in [0.1, 0.15) is 5.75 Å². The minimum Gasteiger partial charge on any atom is -0.497 e. The van der Waals surface area contributed by atoms with E-state index in [1.807, 2.05) is 24.3 Å². The van der Waals surface area contributed by atoms with Crippen LogP contribution >= 0.6 is 0 Å². The number of carbonyl (C=O) groups excluding carboxylic acids is 1. The highest BCUT2D eigenvalue weighted by atomic mass is 16.5. The molecule has 0 spiro atoms. The quantitative estimate of drug-likeness (QED) is 0.841. The van der Waals surface area contributed by atoms with Crippen LogP contribution in [0.4, 0.5) is 5.69 Å². The zero-order valence-electron chi connectivity index (χ0n) is 14.2. The average Bonchev–Trinajstić information content (AvgIpc) is 3.11. The van der Waals surface area contributed by atoms with Crippen LogP contribution in [-0.2, 0) is 24.1 Å². The zero-order valence-corrected chi connectivity index (χ0v) is 14.2. The number of aryl methyl sites for hydroxylation is 1. The molecule has 0 fully saturated rings. The topological polar surface area (TPSA) is 54.1 Å². The molecule has 4 nitrogen and oxygen atoms in total. The van der Waals surface area contributed by atoms with Crippen LogP contribution in [0, 0.1) is 0 Å². The minimum atomic E-state index is -0.0483. The molecular formula is C20H22N2O2. The molecule has 4 rings (SSSR count). The summed E-state index contributed by atoms with van der Waals surface area (Å²) < 4.78 is 5.31. The molecule has 0 saturated heterocycles. The number of rotatable bonds is 3. The van der Waals surface area contributed by atoms with Gasteiger partial charge in [0.05, 0.1) is 12.7 Å². The van der Waals surface area contributed by atoms with Crippen molar-refractivity contribution in [2.24, 2.45) is 0 Å². The predicted molar refractivity (Wildman–Crippen MR) is 96.3 cm³/mol. The van der Waals surface area contributed by atoms with Crippen molar-refractivity contribution in [1.82, 2.24) is 4.98 Å². The van der Waals surface area contributed by atoms with Gasteiger partial charge >= 0.3 is 0 Å². The highest BCUT2D eigenvalue weighted by Crippen LogP contribution is 2.37. The molecule has 1 amide bonds. The third-order valence-electron chi connectivity index (χ3n) is 5.09. The van der Waals surface area contributed by atoms with Gasteiger partial charge in [-0.3, -0.25) is 4.79 Å². The lowest BCUT2D eigenvalue weighted by Gasteiger charge is -2.11. The van der Waals surface area contributed by atoms with Crippen molar-refractivity contribution in [1.29, 1.82) is 0 Å². The molecule has 2 heterocycles. The Morgan fingerprint density at radius 3 is 2.88 bits per heavy atom. The first kappa shape index (κ1) is 15.1. The number of amides is 1. The van der Waals surface area contributed by atoms with Gasteiger partial charge in [0.2, 0.25) is 0 Å². The third-order valence-corrected chi connectivity index (χ3v) is 5.09. The standard InChI is InChI=1S/C20H22N2O2/c1-3-13-14-6-4-5-7-17(14)21-19(13)11-16-15-10-12(24-2)8-9-18(15)22-20(16)23/h8-11,21H,3-7H2,1-2H3,(H,22,23). The van der Waals surface area contributed by atoms with Crippen LogP contribution in [0.25, 0.3) is 11.6 Å². The highest BCUT2D eigenvalue weighted by molar-refractivity contribution is 6.35. The molecule has 0 unspecified atom stereocenters. The van der Waals surface area contributed by atoms with Crippen molar-refractivity contribution in [3.63, 3.8) is 0 Å². The number of aromatic amines is 1. The van der Waals surface area contributed by atoms with E-state index in [1.54, 1.807) is 7.11 Å². The number of benzene rings is 1. The summed E-state index contributed by atoms with van der Waals surface area (Å²) in [5.74, 6) is 0.713. The second kappa shape index (κ2) is 5.86. The fourth-order valence-electron chi connectivity index (χ4n) is 3.89. The summed E-state index contributed by atoms with van der Waals surface area (Å²) >= 11 is 0. The Labute approximate surface area is 141 Å². The molecule has 0 radical (unpaired) electrons. The van der Waals surface area contributed by atoms with Gasteiger partial charge in [-0.05, 0) is 67.5 Å². The number of methoxy groups -OCH3 is 1. The van der Waals surface area contributed by atoms with Crippen molar-refractivity contribution in [2.75, 3.05) is 12.4 Å². The Hall–Kier alpha value is -2.49. The Morgan fingerprint density at radius 1 is 1.25 bits per heavy atom. The number of carbonyl (C=O) groups is 1. The maximum absolute atomic E-state index is 12.4. The SMILES string of the molecule is CCc1c(C=C2C(=O)Nc3ccc(OC)cc32)[nH]c2c1CCCC2. The van der Waals surface area contributed by atoms with Gasteiger partial charge in [0.25, 0.3) is 5.91 Å². The number of ether oxygens (including phenoxy) is 1. The van der Waals surface area contributed by atoms with Crippen LogP contribution in [0.1, 0.15) is 47.8 Å². The maximum atomic E-state index is 12.4. The van der Waals surface area contributed by atoms with Crippen LogP contribution in [-0.4, -0.2) is 18.0 Å². The summed E-state index contributed by atoms with van der Waals surface area (Å²) in [4.78, 5) is 16.0. The molecule has 2 aromatic rings. The van der Waals surface area contributed by atoms with E-state index in [0.29, 0.717) is 5.57 Å². The summed E-state index contributed by atoms with van der Waals surface area (Å²) in [6, 6.07) is 5.69. The number of fused-ring (bicyclic) bond motifs is 2. The molecule has 24 heavy (non-hydrogen) atoms. The lowest BCUT2D eigenvalue weighted by Crippen LogP contribution is -2.03. The third kappa shape index (κ3) is 2.33. The van der Waals surface area contributed by atoms with E-state index >= 15 is 0 Å². The number of aromatic nitrogens is 1. The van der Waals surface area contributed by atoms with Gasteiger partial charge in [-0.2, -0.15) is 0 Å². The van der Waals surface area contributed by atoms with Crippen molar-refractivity contribution >= 4 is 23.2 Å². The Kier molecular flexibility index (Phi) is 3.68. The summed E-state index contributed by atoms with van der Waals surface area (Å²) in [6.07, 6.45) is 7.76. The number of hydrogen-bond acceptors (Lipinski definition) is 2. The molecule has 124 valence electrons. The molecule has 1 aromatic carbocycles. The second-order valence-corrected chi connectivity index (χ2v) is 6.46. The molecule has 2 aliphatic rings. The van der Waals surface area contributed by atoms with Gasteiger partial charge in [-0.25, -0.2) is 0 Å². The van der Waals surface area contributed by atoms with E-state index in [0.717, 1.165) is 42.0 Å². The highest BCUT2D eigenvalue weighted by Gasteiger charge is 2.26. The number of nitrogens with one attached hydrogen (secondary N) is 2. The fourth-order valence-corrected chi connectivity index (χ4v) is 3.89. The second-order valence-electron chi connectivity index (χ2n) is 6.46. The van der Waals surface area contributed by atoms with Crippen LogP contribution in [0.3, 0.4) is 0 Å². The smallest absolute Gasteiger partial charge is 0.256 e. The van der Waals surface area contributed by atoms with Crippen LogP contribution < -0.4 is 10.1 Å². The zero-order chi connectivity index (χ0) is 16.7. The summed E-state index contributed by atoms with van der Waals surface area (Å²) in [7, 11) is 1.64. The van der Waals surface area contributed by atoms with Gasteiger partial charge in [0, 0.05) is 22.6 Å². The van der Waals surface area contributed by atoms with E-state index in [9.17, 15) is 4.79 Å². The van der Waals surface area contributed by atoms with Gasteiger partial charge in [0.15, 0.2) is 0 Å². The van der Waals surface area contributed by atoms with Crippen molar-refractivity contribution in [3.05, 3.63) is 46.3 Å². The van der Waals surface area contributed by atoms with Crippen molar-refractivity contribution in [3.8, 4) is 5.75 Å². The summed E-state index contributed by atoms with van der Waals surface area (Å²) in [5, 5.41) is 2.94. The van der Waals surface area contributed by atoms with E-state index in [4.69, 9.17) is 4.74 Å². The van der Waals surface area contributed by atoms with E-state index < -0.39 is 0 Å². The number of hydrogen-bond donors (Lipinski definition) is 2. The lowest BCUT2D eigenvalue weighted by molar-refractivity contribution is -0.110. The molecule has 2 N–H and O–H groups in total. The molecule has 4 heteroatoms. The molecule has 1 aliphatic heterocycles. The maximum Gasteiger partial charge on any atom is 0.256 e. The van der Waals surface area contributed by atoms with Crippen LogP contribution in [0.2, 0.25) is 0 Å². The average molecular weight is 322 g/mol. The molecule has 1 aromatic heterocycles. The molecule has 0 bridgehead atoms. The Morgan fingerprint density at radius 2 is 2.08 bits per heavy atom. The number of H-pyrrole nitrogens is 1. The number of anilines is 1. The first-order valence-electron chi connectivity index (χ1n) is 8.65. The van der Waals surface area contributed by atoms with E-state index in [2.05, 4.69) is 17.2 Å². The monoisotopic (exact) mass is 322 g/mol. The molecule has 0 atom stereocenters. The summed E-state index contributed by atoms with van der Waals surface area (Å²) in [5.41, 5.74) is 7.74. The van der Waals surface area contributed by atoms with E-state index in [1.165, 1.54) is 29.7 Å². The normalized spacial score (nSPS) is 17.6. The minimum absolute atomic E-state index is 0.0483. The van der Waals surface area contributed by atoms with Gasteiger partial charge in [-0.1, -0.05) is 6.92 Å². The summed E-state index contributed by atoms with van der Waals surface area (Å²) in [6.45, 7) is 2.19. The van der Waals surface area contributed by atoms with Gasteiger partial charge < -0.3 is 15.0 Å². The first-order valence-corrected chi connectivity index (χ1v) is 8.65. The molecule has 0 saturated carbocycles. The van der Waals surface area contributed by atoms with Crippen molar-refractivity contribution < 1.29 is 9.53 Å².